The Morgan fingerprint density at radius 2 is 1.75 bits per heavy atom. The maximum Gasteiger partial charge on any atom is 0.264 e. The van der Waals surface area contributed by atoms with E-state index >= 15 is 0 Å². The molecule has 0 aliphatic rings. The molecule has 0 saturated carbocycles. The zero-order chi connectivity index (χ0) is 14.9. The molecular formula is C15H18N2O2S. The lowest BCUT2D eigenvalue weighted by atomic mass is 10.2. The van der Waals surface area contributed by atoms with Crippen LogP contribution in [-0.4, -0.2) is 15.5 Å². The van der Waals surface area contributed by atoms with E-state index < -0.39 is 10.0 Å². The van der Waals surface area contributed by atoms with E-state index in [-0.39, 0.29) is 4.90 Å². The minimum Gasteiger partial charge on any atom is -0.399 e. The molecule has 0 radical (unpaired) electrons. The monoisotopic (exact) mass is 290 g/mol. The lowest BCUT2D eigenvalue weighted by Crippen LogP contribution is -2.26. The van der Waals surface area contributed by atoms with Crippen LogP contribution in [0.25, 0.3) is 0 Å². The van der Waals surface area contributed by atoms with Crippen LogP contribution in [0.4, 0.5) is 11.4 Å². The van der Waals surface area contributed by atoms with Gasteiger partial charge in [0.15, 0.2) is 0 Å². The summed E-state index contributed by atoms with van der Waals surface area (Å²) in [4.78, 5) is 0.244. The van der Waals surface area contributed by atoms with Gasteiger partial charge in [-0.05, 0) is 55.3 Å². The predicted octanol–water partition coefficient (Wildman–Crippen LogP) is 2.71. The number of anilines is 2. The lowest BCUT2D eigenvalue weighted by Gasteiger charge is -2.20. The molecule has 0 amide bonds. The van der Waals surface area contributed by atoms with Gasteiger partial charge in [-0.1, -0.05) is 12.1 Å². The van der Waals surface area contributed by atoms with E-state index in [1.807, 2.05) is 25.1 Å². The highest BCUT2D eigenvalue weighted by Crippen LogP contribution is 2.24. The topological polar surface area (TPSA) is 63.4 Å². The quantitative estimate of drug-likeness (QED) is 0.884. The Bertz CT molecular complexity index is 739. The molecule has 0 aliphatic carbocycles. The fourth-order valence-electron chi connectivity index (χ4n) is 1.93. The van der Waals surface area contributed by atoms with Crippen LogP contribution < -0.4 is 10.0 Å². The summed E-state index contributed by atoms with van der Waals surface area (Å²) in [6.07, 6.45) is 0. The first-order chi connectivity index (χ1) is 9.32. The number of hydrogen-bond donors (Lipinski definition) is 1. The Morgan fingerprint density at radius 1 is 1.05 bits per heavy atom. The number of rotatable bonds is 3. The fourth-order valence-corrected chi connectivity index (χ4v) is 3.20. The van der Waals surface area contributed by atoms with Gasteiger partial charge in [-0.2, -0.15) is 0 Å². The lowest BCUT2D eigenvalue weighted by molar-refractivity contribution is 0.594. The third kappa shape index (κ3) is 2.63. The van der Waals surface area contributed by atoms with E-state index in [9.17, 15) is 8.42 Å². The van der Waals surface area contributed by atoms with Crippen LogP contribution in [0, 0.1) is 13.8 Å². The Kier molecular flexibility index (Phi) is 3.72. The van der Waals surface area contributed by atoms with Crippen LogP contribution >= 0.6 is 0 Å². The minimum absolute atomic E-state index is 0.244. The number of sulfonamides is 1. The molecule has 4 nitrogen and oxygen atoms in total. The van der Waals surface area contributed by atoms with Crippen molar-refractivity contribution in [3.05, 3.63) is 53.6 Å². The fraction of sp³-hybridized carbons (Fsp3) is 0.200. The largest absolute Gasteiger partial charge is 0.399 e. The van der Waals surface area contributed by atoms with E-state index in [1.54, 1.807) is 32.2 Å². The van der Waals surface area contributed by atoms with E-state index in [4.69, 9.17) is 5.73 Å². The van der Waals surface area contributed by atoms with Gasteiger partial charge < -0.3 is 5.73 Å². The summed E-state index contributed by atoms with van der Waals surface area (Å²) in [5.41, 5.74) is 8.72. The van der Waals surface area contributed by atoms with Gasteiger partial charge in [-0.25, -0.2) is 8.42 Å². The van der Waals surface area contributed by atoms with Crippen LogP contribution in [0.1, 0.15) is 11.1 Å². The molecule has 5 heteroatoms. The molecule has 2 aromatic rings. The van der Waals surface area contributed by atoms with Crippen LogP contribution in [0.5, 0.6) is 0 Å². The summed E-state index contributed by atoms with van der Waals surface area (Å²) in [5.74, 6) is 0. The normalized spacial score (nSPS) is 11.3. The van der Waals surface area contributed by atoms with Crippen LogP contribution in [0.15, 0.2) is 47.4 Å². The molecule has 0 aliphatic heterocycles. The number of benzene rings is 2. The van der Waals surface area contributed by atoms with Crippen LogP contribution in [0.3, 0.4) is 0 Å². The highest BCUT2D eigenvalue weighted by molar-refractivity contribution is 7.92. The molecule has 0 unspecified atom stereocenters. The average Bonchev–Trinajstić information content (AvgIpc) is 2.40. The third-order valence-electron chi connectivity index (χ3n) is 3.26. The Hall–Kier alpha value is -2.01. The van der Waals surface area contributed by atoms with Crippen molar-refractivity contribution in [2.75, 3.05) is 17.1 Å². The van der Waals surface area contributed by atoms with Gasteiger partial charge in [0.2, 0.25) is 0 Å². The standard InChI is InChI=1S/C15H18N2O2S/c1-11-5-4-6-13(9-11)17(3)20(18,19)14-7-8-15(16)12(2)10-14/h4-10H,16H2,1-3H3. The minimum atomic E-state index is -3.57. The molecule has 106 valence electrons. The second kappa shape index (κ2) is 5.17. The predicted molar refractivity (Wildman–Crippen MR) is 82.4 cm³/mol. The second-order valence-electron chi connectivity index (χ2n) is 4.83. The second-order valence-corrected chi connectivity index (χ2v) is 6.80. The van der Waals surface area contributed by atoms with E-state index in [0.717, 1.165) is 11.1 Å². The summed E-state index contributed by atoms with van der Waals surface area (Å²) in [7, 11) is -2.02. The van der Waals surface area contributed by atoms with E-state index in [2.05, 4.69) is 0 Å². The summed E-state index contributed by atoms with van der Waals surface area (Å²) < 4.78 is 26.5. The van der Waals surface area contributed by atoms with Gasteiger partial charge in [0, 0.05) is 12.7 Å². The number of nitrogens with zero attached hydrogens (tertiary/aromatic N) is 1. The molecule has 0 fully saturated rings. The zero-order valence-electron chi connectivity index (χ0n) is 11.8. The number of hydrogen-bond acceptors (Lipinski definition) is 3. The first-order valence-corrected chi connectivity index (χ1v) is 7.68. The Morgan fingerprint density at radius 3 is 2.35 bits per heavy atom. The van der Waals surface area contributed by atoms with E-state index in [1.165, 1.54) is 10.4 Å². The number of nitrogens with two attached hydrogens (primary N) is 1. The molecule has 2 rings (SSSR count). The van der Waals surface area contributed by atoms with Gasteiger partial charge in [-0.15, -0.1) is 0 Å². The first-order valence-electron chi connectivity index (χ1n) is 6.24. The SMILES string of the molecule is Cc1cccc(N(C)S(=O)(=O)c2ccc(N)c(C)c2)c1. The van der Waals surface area contributed by atoms with Gasteiger partial charge in [0.1, 0.15) is 0 Å². The average molecular weight is 290 g/mol. The van der Waals surface area contributed by atoms with Crippen molar-refractivity contribution in [1.82, 2.24) is 0 Å². The Balaban J connectivity index is 2.46. The molecular weight excluding hydrogens is 272 g/mol. The van der Waals surface area contributed by atoms with Crippen LogP contribution in [-0.2, 0) is 10.0 Å². The summed E-state index contributed by atoms with van der Waals surface area (Å²) in [6.45, 7) is 3.72. The first kappa shape index (κ1) is 14.4. The molecule has 0 saturated heterocycles. The van der Waals surface area contributed by atoms with E-state index in [0.29, 0.717) is 11.4 Å². The van der Waals surface area contributed by atoms with Crippen molar-refractivity contribution in [2.45, 2.75) is 18.7 Å². The molecule has 0 atom stereocenters. The van der Waals surface area contributed by atoms with Crippen molar-refractivity contribution in [3.8, 4) is 0 Å². The van der Waals surface area contributed by atoms with Crippen LogP contribution in [0.2, 0.25) is 0 Å². The zero-order valence-corrected chi connectivity index (χ0v) is 12.6. The summed E-state index contributed by atoms with van der Waals surface area (Å²) >= 11 is 0. The molecule has 2 aromatic carbocycles. The van der Waals surface area contributed by atoms with Crippen molar-refractivity contribution >= 4 is 21.4 Å². The number of aryl methyl sites for hydroxylation is 2. The van der Waals surface area contributed by atoms with Crippen molar-refractivity contribution in [2.24, 2.45) is 0 Å². The molecule has 2 N–H and O–H groups in total. The highest BCUT2D eigenvalue weighted by atomic mass is 32.2. The third-order valence-corrected chi connectivity index (χ3v) is 5.05. The van der Waals surface area contributed by atoms with Gasteiger partial charge in [0.25, 0.3) is 10.0 Å². The number of nitrogen functional groups attached to an aromatic ring is 1. The molecule has 0 heterocycles. The Labute approximate surface area is 119 Å². The van der Waals surface area contributed by atoms with Gasteiger partial charge >= 0.3 is 0 Å². The molecule has 20 heavy (non-hydrogen) atoms. The summed E-state index contributed by atoms with van der Waals surface area (Å²) in [5, 5.41) is 0. The maximum absolute atomic E-state index is 12.6. The smallest absolute Gasteiger partial charge is 0.264 e. The molecule has 0 spiro atoms. The van der Waals surface area contributed by atoms with Crippen molar-refractivity contribution < 1.29 is 8.42 Å². The van der Waals surface area contributed by atoms with Crippen molar-refractivity contribution in [3.63, 3.8) is 0 Å². The molecule has 0 aromatic heterocycles. The summed E-state index contributed by atoms with van der Waals surface area (Å²) in [6, 6.07) is 12.1. The molecule has 0 bridgehead atoms. The van der Waals surface area contributed by atoms with Crippen molar-refractivity contribution in [1.29, 1.82) is 0 Å². The maximum atomic E-state index is 12.6. The van der Waals surface area contributed by atoms with Gasteiger partial charge in [-0.3, -0.25) is 4.31 Å². The highest BCUT2D eigenvalue weighted by Gasteiger charge is 2.21. The van der Waals surface area contributed by atoms with Gasteiger partial charge in [0.05, 0.1) is 10.6 Å².